The third kappa shape index (κ3) is 2.74. The highest BCUT2D eigenvalue weighted by Crippen LogP contribution is 2.29. The normalized spacial score (nSPS) is 11.0. The fourth-order valence-corrected chi connectivity index (χ4v) is 2.74. The Morgan fingerprint density at radius 1 is 0.913 bits per heavy atom. The highest BCUT2D eigenvalue weighted by molar-refractivity contribution is 6.06. The van der Waals surface area contributed by atoms with Crippen molar-refractivity contribution in [2.45, 2.75) is 34.6 Å². The van der Waals surface area contributed by atoms with Crippen LogP contribution < -0.4 is 5.32 Å². The van der Waals surface area contributed by atoms with E-state index in [0.29, 0.717) is 5.76 Å². The Bertz CT molecular complexity index is 919. The van der Waals surface area contributed by atoms with E-state index in [1.54, 1.807) is 0 Å². The Labute approximate surface area is 136 Å². The molecule has 1 aromatic heterocycles. The number of carbonyl (C=O) groups excluding carboxylic acids is 1. The van der Waals surface area contributed by atoms with Gasteiger partial charge in [0.1, 0.15) is 5.58 Å². The van der Waals surface area contributed by atoms with Crippen molar-refractivity contribution in [3.63, 3.8) is 0 Å². The Morgan fingerprint density at radius 2 is 1.61 bits per heavy atom. The van der Waals surface area contributed by atoms with Crippen LogP contribution >= 0.6 is 0 Å². The van der Waals surface area contributed by atoms with E-state index in [2.05, 4.69) is 18.3 Å². The van der Waals surface area contributed by atoms with Crippen molar-refractivity contribution in [3.05, 3.63) is 63.9 Å². The minimum Gasteiger partial charge on any atom is -0.451 e. The summed E-state index contributed by atoms with van der Waals surface area (Å²) in [5, 5.41) is 3.96. The van der Waals surface area contributed by atoms with Crippen molar-refractivity contribution < 1.29 is 9.21 Å². The second-order valence-corrected chi connectivity index (χ2v) is 6.26. The second kappa shape index (κ2) is 5.58. The number of aryl methyl sites for hydroxylation is 5. The van der Waals surface area contributed by atoms with E-state index in [0.717, 1.165) is 38.9 Å². The highest BCUT2D eigenvalue weighted by atomic mass is 16.3. The van der Waals surface area contributed by atoms with Crippen LogP contribution in [-0.2, 0) is 0 Å². The molecule has 0 bridgehead atoms. The van der Waals surface area contributed by atoms with E-state index in [-0.39, 0.29) is 5.91 Å². The number of furan rings is 1. The van der Waals surface area contributed by atoms with Gasteiger partial charge < -0.3 is 9.73 Å². The van der Waals surface area contributed by atoms with E-state index in [1.165, 1.54) is 5.56 Å². The SMILES string of the molecule is Cc1ccc(C)c(NC(=O)c2oc3cc(C)c(C)cc3c2C)c1. The zero-order chi connectivity index (χ0) is 16.7. The monoisotopic (exact) mass is 307 g/mol. The van der Waals surface area contributed by atoms with Gasteiger partial charge in [0, 0.05) is 16.6 Å². The Kier molecular flexibility index (Phi) is 3.72. The fraction of sp³-hybridized carbons (Fsp3) is 0.250. The molecule has 3 nitrogen and oxygen atoms in total. The predicted octanol–water partition coefficient (Wildman–Crippen LogP) is 5.23. The molecule has 23 heavy (non-hydrogen) atoms. The molecule has 0 aliphatic heterocycles. The Hall–Kier alpha value is -2.55. The number of fused-ring (bicyclic) bond motifs is 1. The summed E-state index contributed by atoms with van der Waals surface area (Å²) >= 11 is 0. The summed E-state index contributed by atoms with van der Waals surface area (Å²) in [6.07, 6.45) is 0. The number of carbonyl (C=O) groups is 1. The Morgan fingerprint density at radius 3 is 2.35 bits per heavy atom. The lowest BCUT2D eigenvalue weighted by Crippen LogP contribution is -2.13. The van der Waals surface area contributed by atoms with E-state index in [1.807, 2.05) is 52.0 Å². The lowest BCUT2D eigenvalue weighted by molar-refractivity contribution is 0.0998. The highest BCUT2D eigenvalue weighted by Gasteiger charge is 2.19. The molecule has 1 heterocycles. The average molecular weight is 307 g/mol. The summed E-state index contributed by atoms with van der Waals surface area (Å²) in [6, 6.07) is 10.1. The molecule has 0 aliphatic carbocycles. The van der Waals surface area contributed by atoms with Gasteiger partial charge in [0.25, 0.3) is 5.91 Å². The fourth-order valence-electron chi connectivity index (χ4n) is 2.74. The van der Waals surface area contributed by atoms with Crippen LogP contribution in [-0.4, -0.2) is 5.91 Å². The molecule has 3 rings (SSSR count). The topological polar surface area (TPSA) is 42.2 Å². The van der Waals surface area contributed by atoms with Crippen molar-refractivity contribution in [3.8, 4) is 0 Å². The van der Waals surface area contributed by atoms with Crippen LogP contribution in [0.2, 0.25) is 0 Å². The first-order valence-electron chi connectivity index (χ1n) is 7.76. The average Bonchev–Trinajstić information content (AvgIpc) is 2.80. The van der Waals surface area contributed by atoms with Gasteiger partial charge in [-0.25, -0.2) is 0 Å². The molecule has 0 aliphatic rings. The predicted molar refractivity (Wildman–Crippen MR) is 94.3 cm³/mol. The second-order valence-electron chi connectivity index (χ2n) is 6.26. The third-order valence-corrected chi connectivity index (χ3v) is 4.40. The van der Waals surface area contributed by atoms with Gasteiger partial charge in [-0.1, -0.05) is 12.1 Å². The lowest BCUT2D eigenvalue weighted by atomic mass is 10.0. The quantitative estimate of drug-likeness (QED) is 0.704. The zero-order valence-electron chi connectivity index (χ0n) is 14.2. The number of rotatable bonds is 2. The van der Waals surface area contributed by atoms with Gasteiger partial charge in [-0.2, -0.15) is 0 Å². The van der Waals surface area contributed by atoms with Crippen LogP contribution in [0.3, 0.4) is 0 Å². The molecule has 1 N–H and O–H groups in total. The summed E-state index contributed by atoms with van der Waals surface area (Å²) in [4.78, 5) is 12.6. The largest absolute Gasteiger partial charge is 0.451 e. The first kappa shape index (κ1) is 15.3. The minimum atomic E-state index is -0.206. The molecule has 3 heteroatoms. The van der Waals surface area contributed by atoms with Gasteiger partial charge in [-0.3, -0.25) is 4.79 Å². The van der Waals surface area contributed by atoms with Crippen LogP contribution in [0.1, 0.15) is 38.4 Å². The smallest absolute Gasteiger partial charge is 0.291 e. The van der Waals surface area contributed by atoms with E-state index < -0.39 is 0 Å². The van der Waals surface area contributed by atoms with Crippen LogP contribution in [0.5, 0.6) is 0 Å². The van der Waals surface area contributed by atoms with Crippen molar-refractivity contribution in [1.29, 1.82) is 0 Å². The molecule has 0 atom stereocenters. The summed E-state index contributed by atoms with van der Waals surface area (Å²) in [7, 11) is 0. The first-order chi connectivity index (χ1) is 10.9. The molecule has 0 saturated heterocycles. The molecule has 0 radical (unpaired) electrons. The van der Waals surface area contributed by atoms with Crippen LogP contribution in [0.25, 0.3) is 11.0 Å². The number of anilines is 1. The molecule has 0 saturated carbocycles. The lowest BCUT2D eigenvalue weighted by Gasteiger charge is -2.08. The van der Waals surface area contributed by atoms with Gasteiger partial charge in [-0.15, -0.1) is 0 Å². The molecule has 0 spiro atoms. The van der Waals surface area contributed by atoms with E-state index in [4.69, 9.17) is 4.42 Å². The third-order valence-electron chi connectivity index (χ3n) is 4.40. The molecule has 0 unspecified atom stereocenters. The molecular formula is C20H21NO2. The molecule has 118 valence electrons. The number of hydrogen-bond acceptors (Lipinski definition) is 2. The molecule has 1 amide bonds. The Balaban J connectivity index is 2.01. The van der Waals surface area contributed by atoms with Gasteiger partial charge >= 0.3 is 0 Å². The first-order valence-corrected chi connectivity index (χ1v) is 7.76. The van der Waals surface area contributed by atoms with Crippen molar-refractivity contribution in [1.82, 2.24) is 0 Å². The summed E-state index contributed by atoms with van der Waals surface area (Å²) in [5.41, 5.74) is 6.96. The van der Waals surface area contributed by atoms with E-state index >= 15 is 0 Å². The molecule has 2 aromatic carbocycles. The van der Waals surface area contributed by atoms with Crippen molar-refractivity contribution in [2.24, 2.45) is 0 Å². The molecule has 3 aromatic rings. The summed E-state index contributed by atoms with van der Waals surface area (Å²) < 4.78 is 5.83. The van der Waals surface area contributed by atoms with Gasteiger partial charge in [-0.05, 0) is 75.1 Å². The number of hydrogen-bond donors (Lipinski definition) is 1. The maximum absolute atomic E-state index is 12.6. The number of amides is 1. The van der Waals surface area contributed by atoms with Crippen molar-refractivity contribution in [2.75, 3.05) is 5.32 Å². The van der Waals surface area contributed by atoms with Gasteiger partial charge in [0.15, 0.2) is 5.76 Å². The zero-order valence-corrected chi connectivity index (χ0v) is 14.2. The maximum Gasteiger partial charge on any atom is 0.291 e. The number of nitrogens with one attached hydrogen (secondary N) is 1. The van der Waals surface area contributed by atoms with Gasteiger partial charge in [0.2, 0.25) is 0 Å². The van der Waals surface area contributed by atoms with Crippen molar-refractivity contribution >= 4 is 22.6 Å². The minimum absolute atomic E-state index is 0.206. The molecular weight excluding hydrogens is 286 g/mol. The van der Waals surface area contributed by atoms with Crippen LogP contribution in [0.4, 0.5) is 5.69 Å². The maximum atomic E-state index is 12.6. The number of benzene rings is 2. The summed E-state index contributed by atoms with van der Waals surface area (Å²) in [5.74, 6) is 0.175. The summed E-state index contributed by atoms with van der Waals surface area (Å²) in [6.45, 7) is 10.0. The van der Waals surface area contributed by atoms with E-state index in [9.17, 15) is 4.79 Å². The standard InChI is InChI=1S/C20H21NO2/c1-11-6-7-12(2)17(8-11)21-20(22)19-15(5)16-9-13(3)14(4)10-18(16)23-19/h6-10H,1-5H3,(H,21,22). The van der Waals surface area contributed by atoms with Gasteiger partial charge in [0.05, 0.1) is 0 Å². The molecule has 0 fully saturated rings. The van der Waals surface area contributed by atoms with Crippen LogP contribution in [0.15, 0.2) is 34.7 Å². The van der Waals surface area contributed by atoms with Crippen LogP contribution in [0, 0.1) is 34.6 Å².